The van der Waals surface area contributed by atoms with Gasteiger partial charge in [0.15, 0.2) is 0 Å². The van der Waals surface area contributed by atoms with Crippen LogP contribution in [0.4, 0.5) is 0 Å². The third kappa shape index (κ3) is 3.21. The van der Waals surface area contributed by atoms with Crippen molar-refractivity contribution in [2.45, 2.75) is 12.5 Å². The van der Waals surface area contributed by atoms with Crippen molar-refractivity contribution in [1.29, 1.82) is 0 Å². The van der Waals surface area contributed by atoms with Crippen LogP contribution in [0.5, 0.6) is 0 Å². The molecule has 0 spiro atoms. The number of amides is 1. The first-order valence-electron chi connectivity index (χ1n) is 7.49. The summed E-state index contributed by atoms with van der Waals surface area (Å²) in [5.41, 5.74) is 2.02. The molecule has 1 amide bonds. The van der Waals surface area contributed by atoms with E-state index < -0.39 is 17.9 Å². The molecule has 2 heterocycles. The molecule has 1 aromatic carbocycles. The Labute approximate surface area is 142 Å². The smallest absolute Gasteiger partial charge is 0.326 e. The van der Waals surface area contributed by atoms with Crippen molar-refractivity contribution in [3.8, 4) is 0 Å². The van der Waals surface area contributed by atoms with Gasteiger partial charge in [-0.1, -0.05) is 18.2 Å². The molecule has 0 saturated carbocycles. The first-order chi connectivity index (χ1) is 11.6. The zero-order valence-corrected chi connectivity index (χ0v) is 13.9. The van der Waals surface area contributed by atoms with Gasteiger partial charge in [0.05, 0.1) is 11.7 Å². The van der Waals surface area contributed by atoms with Gasteiger partial charge in [-0.3, -0.25) is 4.79 Å². The third-order valence-corrected chi connectivity index (χ3v) is 4.48. The standard InChI is InChI=1S/C17H17N3O3S/c1-24-7-6-13(17(22)23)20-16(21)14-8-11-10-4-2-3-5-12(10)19-15(11)9-18-14/h2-5,8-9,13,19H,6-7H2,1H3,(H,20,21)(H,22,23). The van der Waals surface area contributed by atoms with E-state index in [1.165, 1.54) is 0 Å². The second-order valence-electron chi connectivity index (χ2n) is 5.43. The lowest BCUT2D eigenvalue weighted by Gasteiger charge is -2.13. The van der Waals surface area contributed by atoms with E-state index in [2.05, 4.69) is 15.3 Å². The number of carboxylic acids is 1. The lowest BCUT2D eigenvalue weighted by Crippen LogP contribution is -2.41. The molecule has 0 bridgehead atoms. The van der Waals surface area contributed by atoms with Gasteiger partial charge < -0.3 is 15.4 Å². The lowest BCUT2D eigenvalue weighted by molar-refractivity contribution is -0.139. The maximum absolute atomic E-state index is 12.4. The Morgan fingerprint density at radius 2 is 2.08 bits per heavy atom. The monoisotopic (exact) mass is 343 g/mol. The molecule has 7 heteroatoms. The number of aromatic amines is 1. The van der Waals surface area contributed by atoms with Crippen LogP contribution in [0.15, 0.2) is 36.5 Å². The predicted octanol–water partition coefficient (Wildman–Crippen LogP) is 2.65. The minimum atomic E-state index is -1.04. The van der Waals surface area contributed by atoms with E-state index in [0.29, 0.717) is 12.2 Å². The number of nitrogens with one attached hydrogen (secondary N) is 2. The Morgan fingerprint density at radius 3 is 2.83 bits per heavy atom. The van der Waals surface area contributed by atoms with E-state index in [4.69, 9.17) is 0 Å². The van der Waals surface area contributed by atoms with Gasteiger partial charge in [0.2, 0.25) is 0 Å². The van der Waals surface area contributed by atoms with Crippen LogP contribution in [0.2, 0.25) is 0 Å². The quantitative estimate of drug-likeness (QED) is 0.639. The molecular weight excluding hydrogens is 326 g/mol. The molecule has 0 aliphatic rings. The van der Waals surface area contributed by atoms with Crippen molar-refractivity contribution >= 4 is 45.4 Å². The minimum Gasteiger partial charge on any atom is -0.480 e. The van der Waals surface area contributed by atoms with Crippen LogP contribution in [0, 0.1) is 0 Å². The van der Waals surface area contributed by atoms with Crippen molar-refractivity contribution in [2.75, 3.05) is 12.0 Å². The van der Waals surface area contributed by atoms with Gasteiger partial charge in [-0.15, -0.1) is 0 Å². The van der Waals surface area contributed by atoms with Crippen LogP contribution >= 0.6 is 11.8 Å². The molecule has 0 saturated heterocycles. The largest absolute Gasteiger partial charge is 0.480 e. The predicted molar refractivity (Wildman–Crippen MR) is 95.5 cm³/mol. The molecule has 0 fully saturated rings. The molecule has 0 aliphatic heterocycles. The number of thioether (sulfide) groups is 1. The number of nitrogens with zero attached hydrogens (tertiary/aromatic N) is 1. The number of para-hydroxylation sites is 1. The number of aromatic nitrogens is 2. The fraction of sp³-hybridized carbons (Fsp3) is 0.235. The highest BCUT2D eigenvalue weighted by Gasteiger charge is 2.21. The van der Waals surface area contributed by atoms with Crippen LogP contribution in [-0.2, 0) is 4.79 Å². The zero-order chi connectivity index (χ0) is 17.1. The van der Waals surface area contributed by atoms with Gasteiger partial charge in [0.25, 0.3) is 5.91 Å². The maximum atomic E-state index is 12.4. The third-order valence-electron chi connectivity index (χ3n) is 3.84. The van der Waals surface area contributed by atoms with Gasteiger partial charge in [0.1, 0.15) is 11.7 Å². The fourth-order valence-electron chi connectivity index (χ4n) is 2.60. The zero-order valence-electron chi connectivity index (χ0n) is 13.1. The molecule has 3 rings (SSSR count). The van der Waals surface area contributed by atoms with Crippen molar-refractivity contribution in [1.82, 2.24) is 15.3 Å². The van der Waals surface area contributed by atoms with Gasteiger partial charge in [-0.25, -0.2) is 9.78 Å². The Morgan fingerprint density at radius 1 is 1.29 bits per heavy atom. The molecule has 1 unspecified atom stereocenters. The highest BCUT2D eigenvalue weighted by atomic mass is 32.2. The van der Waals surface area contributed by atoms with Crippen LogP contribution < -0.4 is 5.32 Å². The second kappa shape index (κ2) is 6.92. The summed E-state index contributed by atoms with van der Waals surface area (Å²) < 4.78 is 0. The summed E-state index contributed by atoms with van der Waals surface area (Å²) in [5, 5.41) is 13.7. The molecule has 1 atom stereocenters. The summed E-state index contributed by atoms with van der Waals surface area (Å²) in [4.78, 5) is 31.0. The van der Waals surface area contributed by atoms with Gasteiger partial charge >= 0.3 is 5.97 Å². The summed E-state index contributed by atoms with van der Waals surface area (Å²) >= 11 is 1.54. The lowest BCUT2D eigenvalue weighted by atomic mass is 10.1. The summed E-state index contributed by atoms with van der Waals surface area (Å²) in [5.74, 6) is -0.854. The SMILES string of the molecule is CSCCC(NC(=O)c1cc2c(cn1)[nH]c1ccccc12)C(=O)O. The number of hydrogen-bond donors (Lipinski definition) is 3. The van der Waals surface area contributed by atoms with Gasteiger partial charge in [-0.2, -0.15) is 11.8 Å². The van der Waals surface area contributed by atoms with Crippen molar-refractivity contribution in [3.05, 3.63) is 42.2 Å². The normalized spacial score (nSPS) is 12.4. The average Bonchev–Trinajstić information content (AvgIpc) is 2.96. The first kappa shape index (κ1) is 16.3. The van der Waals surface area contributed by atoms with Gasteiger partial charge in [-0.05, 0) is 30.6 Å². The number of benzene rings is 1. The topological polar surface area (TPSA) is 95.1 Å². The second-order valence-corrected chi connectivity index (χ2v) is 6.42. The van der Waals surface area contributed by atoms with Crippen molar-refractivity contribution < 1.29 is 14.7 Å². The molecule has 3 N–H and O–H groups in total. The molecule has 2 aromatic heterocycles. The minimum absolute atomic E-state index is 0.211. The van der Waals surface area contributed by atoms with Crippen LogP contribution in [-0.4, -0.2) is 45.0 Å². The highest BCUT2D eigenvalue weighted by Crippen LogP contribution is 2.25. The van der Waals surface area contributed by atoms with E-state index in [9.17, 15) is 14.7 Å². The Hall–Kier alpha value is -2.54. The van der Waals surface area contributed by atoms with E-state index in [0.717, 1.165) is 21.8 Å². The number of fused-ring (bicyclic) bond motifs is 3. The van der Waals surface area contributed by atoms with E-state index in [1.807, 2.05) is 30.5 Å². The molecule has 6 nitrogen and oxygen atoms in total. The van der Waals surface area contributed by atoms with E-state index in [1.54, 1.807) is 24.0 Å². The van der Waals surface area contributed by atoms with Crippen molar-refractivity contribution in [2.24, 2.45) is 0 Å². The Balaban J connectivity index is 1.89. The molecule has 124 valence electrons. The van der Waals surface area contributed by atoms with Crippen LogP contribution in [0.1, 0.15) is 16.9 Å². The number of rotatable bonds is 6. The van der Waals surface area contributed by atoms with Crippen molar-refractivity contribution in [3.63, 3.8) is 0 Å². The Bertz CT molecular complexity index is 906. The summed E-state index contributed by atoms with van der Waals surface area (Å²) in [7, 11) is 0. The number of aliphatic carboxylic acids is 1. The fourth-order valence-corrected chi connectivity index (χ4v) is 3.07. The van der Waals surface area contributed by atoms with E-state index in [-0.39, 0.29) is 5.69 Å². The average molecular weight is 343 g/mol. The highest BCUT2D eigenvalue weighted by molar-refractivity contribution is 7.98. The van der Waals surface area contributed by atoms with E-state index >= 15 is 0 Å². The first-order valence-corrected chi connectivity index (χ1v) is 8.88. The molecule has 0 radical (unpaired) electrons. The van der Waals surface area contributed by atoms with Crippen LogP contribution in [0.25, 0.3) is 21.8 Å². The number of carbonyl (C=O) groups excluding carboxylic acids is 1. The molecule has 24 heavy (non-hydrogen) atoms. The summed E-state index contributed by atoms with van der Waals surface area (Å²) in [6, 6.07) is 8.56. The maximum Gasteiger partial charge on any atom is 0.326 e. The number of hydrogen-bond acceptors (Lipinski definition) is 4. The van der Waals surface area contributed by atoms with Crippen LogP contribution in [0.3, 0.4) is 0 Å². The molecule has 0 aliphatic carbocycles. The Kier molecular flexibility index (Phi) is 4.71. The number of pyridine rings is 1. The molecule has 3 aromatic rings. The summed E-state index contributed by atoms with van der Waals surface area (Å²) in [6.45, 7) is 0. The number of carbonyl (C=O) groups is 2. The molecular formula is C17H17N3O3S. The number of carboxylic acid groups (broad SMARTS) is 1. The van der Waals surface area contributed by atoms with Gasteiger partial charge in [0, 0.05) is 16.3 Å². The number of H-pyrrole nitrogens is 1. The summed E-state index contributed by atoms with van der Waals surface area (Å²) in [6.07, 6.45) is 3.87.